The fraction of sp³-hybridized carbons (Fsp3) is 0.308. The summed E-state index contributed by atoms with van der Waals surface area (Å²) in [6, 6.07) is 7.54. The fourth-order valence-corrected chi connectivity index (χ4v) is 1.78. The molecule has 0 fully saturated rings. The van der Waals surface area contributed by atoms with Gasteiger partial charge in [-0.25, -0.2) is 4.98 Å². The Balaban J connectivity index is 1.65. The predicted molar refractivity (Wildman–Crippen MR) is 72.8 cm³/mol. The molecule has 0 unspecified atom stereocenters. The Morgan fingerprint density at radius 2 is 2.11 bits per heavy atom. The minimum Gasteiger partial charge on any atom is -0.354 e. The van der Waals surface area contributed by atoms with Crippen molar-refractivity contribution in [3.05, 3.63) is 47.5 Å². The van der Waals surface area contributed by atoms with E-state index in [9.17, 15) is 4.79 Å². The quantitative estimate of drug-likeness (QED) is 0.875. The lowest BCUT2D eigenvalue weighted by molar-refractivity contribution is -0.121. The summed E-state index contributed by atoms with van der Waals surface area (Å²) in [7, 11) is 0. The second kappa shape index (κ2) is 6.89. The van der Waals surface area contributed by atoms with E-state index in [4.69, 9.17) is 11.6 Å². The van der Waals surface area contributed by atoms with Gasteiger partial charge in [0.1, 0.15) is 12.7 Å². The maximum Gasteiger partial charge on any atom is 0.220 e. The van der Waals surface area contributed by atoms with Crippen molar-refractivity contribution in [1.82, 2.24) is 20.1 Å². The van der Waals surface area contributed by atoms with Crippen LogP contribution in [0.3, 0.4) is 0 Å². The minimum atomic E-state index is 0.0371. The van der Waals surface area contributed by atoms with Crippen LogP contribution < -0.4 is 5.32 Å². The summed E-state index contributed by atoms with van der Waals surface area (Å²) in [4.78, 5) is 15.5. The Morgan fingerprint density at radius 1 is 1.32 bits per heavy atom. The van der Waals surface area contributed by atoms with Crippen molar-refractivity contribution in [2.24, 2.45) is 0 Å². The first-order valence-electron chi connectivity index (χ1n) is 6.07. The molecule has 6 heteroatoms. The van der Waals surface area contributed by atoms with Gasteiger partial charge >= 0.3 is 0 Å². The van der Waals surface area contributed by atoms with E-state index >= 15 is 0 Å². The van der Waals surface area contributed by atoms with Gasteiger partial charge in [-0.3, -0.25) is 9.48 Å². The van der Waals surface area contributed by atoms with Gasteiger partial charge in [0.05, 0.1) is 6.54 Å². The number of carbonyl (C=O) groups excluding carboxylic acids is 1. The first-order chi connectivity index (χ1) is 9.24. The third-order valence-electron chi connectivity index (χ3n) is 2.68. The lowest BCUT2D eigenvalue weighted by Crippen LogP contribution is -2.27. The summed E-state index contributed by atoms with van der Waals surface area (Å²) >= 11 is 5.80. The van der Waals surface area contributed by atoms with Crippen LogP contribution in [0, 0.1) is 0 Å². The van der Waals surface area contributed by atoms with Crippen LogP contribution in [0.2, 0.25) is 5.02 Å². The molecule has 1 aromatic heterocycles. The maximum absolute atomic E-state index is 11.6. The largest absolute Gasteiger partial charge is 0.354 e. The topological polar surface area (TPSA) is 59.8 Å². The third kappa shape index (κ3) is 4.71. The molecule has 1 amide bonds. The number of carbonyl (C=O) groups is 1. The molecule has 0 aliphatic heterocycles. The highest BCUT2D eigenvalue weighted by atomic mass is 35.5. The number of hydrogen-bond donors (Lipinski definition) is 1. The molecule has 2 rings (SSSR count). The smallest absolute Gasteiger partial charge is 0.220 e. The van der Waals surface area contributed by atoms with Crippen LogP contribution in [0.25, 0.3) is 0 Å². The van der Waals surface area contributed by atoms with Crippen molar-refractivity contribution < 1.29 is 4.79 Å². The van der Waals surface area contributed by atoms with Crippen LogP contribution in [0.5, 0.6) is 0 Å². The molecule has 5 nitrogen and oxygen atoms in total. The third-order valence-corrected chi connectivity index (χ3v) is 2.94. The van der Waals surface area contributed by atoms with Gasteiger partial charge < -0.3 is 5.32 Å². The summed E-state index contributed by atoms with van der Waals surface area (Å²) in [5, 5.41) is 7.51. The van der Waals surface area contributed by atoms with Crippen molar-refractivity contribution in [2.75, 3.05) is 6.54 Å². The van der Waals surface area contributed by atoms with Crippen molar-refractivity contribution in [2.45, 2.75) is 19.4 Å². The number of rotatable bonds is 6. The van der Waals surface area contributed by atoms with Crippen LogP contribution in [-0.4, -0.2) is 27.2 Å². The molecule has 0 bridgehead atoms. The Morgan fingerprint density at radius 3 is 2.79 bits per heavy atom. The predicted octanol–water partition coefficient (Wildman–Crippen LogP) is 1.68. The second-order valence-electron chi connectivity index (χ2n) is 4.13. The lowest BCUT2D eigenvalue weighted by Gasteiger charge is -2.05. The maximum atomic E-state index is 11.6. The zero-order valence-corrected chi connectivity index (χ0v) is 11.2. The van der Waals surface area contributed by atoms with Crippen molar-refractivity contribution in [1.29, 1.82) is 0 Å². The zero-order valence-electron chi connectivity index (χ0n) is 10.4. The average Bonchev–Trinajstić information content (AvgIpc) is 2.91. The first-order valence-corrected chi connectivity index (χ1v) is 6.45. The Kier molecular flexibility index (Phi) is 4.92. The van der Waals surface area contributed by atoms with Crippen molar-refractivity contribution in [3.8, 4) is 0 Å². The van der Waals surface area contributed by atoms with Crippen LogP contribution in [0.4, 0.5) is 0 Å². The highest BCUT2D eigenvalue weighted by Gasteiger charge is 2.02. The molecule has 0 radical (unpaired) electrons. The van der Waals surface area contributed by atoms with E-state index in [1.165, 1.54) is 6.33 Å². The van der Waals surface area contributed by atoms with Crippen LogP contribution in [-0.2, 0) is 17.8 Å². The van der Waals surface area contributed by atoms with Crippen LogP contribution in [0.15, 0.2) is 36.9 Å². The van der Waals surface area contributed by atoms with E-state index in [1.54, 1.807) is 11.0 Å². The molecule has 1 N–H and O–H groups in total. The van der Waals surface area contributed by atoms with E-state index in [0.717, 1.165) is 5.56 Å². The lowest BCUT2D eigenvalue weighted by atomic mass is 10.1. The van der Waals surface area contributed by atoms with E-state index in [1.807, 2.05) is 24.3 Å². The molecule has 100 valence electrons. The molecule has 1 heterocycles. The Hall–Kier alpha value is -1.88. The van der Waals surface area contributed by atoms with Gasteiger partial charge in [0.2, 0.25) is 5.91 Å². The number of halogens is 1. The molecule has 0 saturated carbocycles. The van der Waals surface area contributed by atoms with E-state index in [2.05, 4.69) is 15.4 Å². The monoisotopic (exact) mass is 278 g/mol. The van der Waals surface area contributed by atoms with Crippen molar-refractivity contribution in [3.63, 3.8) is 0 Å². The molecule has 0 spiro atoms. The number of aryl methyl sites for hydroxylation is 1. The number of hydrogen-bond acceptors (Lipinski definition) is 3. The van der Waals surface area contributed by atoms with Gasteiger partial charge in [-0.2, -0.15) is 5.10 Å². The van der Waals surface area contributed by atoms with Crippen LogP contribution in [0.1, 0.15) is 12.0 Å². The van der Waals surface area contributed by atoms with Gasteiger partial charge in [-0.15, -0.1) is 0 Å². The number of nitrogens with one attached hydrogen (secondary N) is 1. The number of benzene rings is 1. The number of amides is 1. The SMILES string of the molecule is O=C(CCc1ccc(Cl)cc1)NCCn1cncn1. The Bertz CT molecular complexity index is 510. The molecule has 2 aromatic rings. The summed E-state index contributed by atoms with van der Waals surface area (Å²) < 4.78 is 1.68. The first kappa shape index (κ1) is 13.5. The normalized spacial score (nSPS) is 10.4. The van der Waals surface area contributed by atoms with Gasteiger partial charge in [0, 0.05) is 18.0 Å². The van der Waals surface area contributed by atoms with Crippen molar-refractivity contribution >= 4 is 17.5 Å². The van der Waals surface area contributed by atoms with Gasteiger partial charge in [0.15, 0.2) is 0 Å². The molecular formula is C13H15ClN4O. The zero-order chi connectivity index (χ0) is 13.5. The number of aromatic nitrogens is 3. The van der Waals surface area contributed by atoms with Gasteiger partial charge in [-0.1, -0.05) is 23.7 Å². The second-order valence-corrected chi connectivity index (χ2v) is 4.57. The molecular weight excluding hydrogens is 264 g/mol. The summed E-state index contributed by atoms with van der Waals surface area (Å²) in [6.07, 6.45) is 4.29. The van der Waals surface area contributed by atoms with Gasteiger partial charge in [0.25, 0.3) is 0 Å². The summed E-state index contributed by atoms with van der Waals surface area (Å²) in [5.74, 6) is 0.0371. The molecule has 0 aliphatic rings. The van der Waals surface area contributed by atoms with E-state index < -0.39 is 0 Å². The summed E-state index contributed by atoms with van der Waals surface area (Å²) in [6.45, 7) is 1.19. The average molecular weight is 279 g/mol. The summed E-state index contributed by atoms with van der Waals surface area (Å²) in [5.41, 5.74) is 1.11. The molecule has 1 aromatic carbocycles. The number of nitrogens with zero attached hydrogens (tertiary/aromatic N) is 3. The van der Waals surface area contributed by atoms with E-state index in [0.29, 0.717) is 31.0 Å². The van der Waals surface area contributed by atoms with E-state index in [-0.39, 0.29) is 5.91 Å². The highest BCUT2D eigenvalue weighted by molar-refractivity contribution is 6.30. The Labute approximate surface area is 116 Å². The molecule has 19 heavy (non-hydrogen) atoms. The molecule has 0 atom stereocenters. The molecule has 0 saturated heterocycles. The van der Waals surface area contributed by atoms with Gasteiger partial charge in [-0.05, 0) is 24.1 Å². The van der Waals surface area contributed by atoms with Crippen LogP contribution >= 0.6 is 11.6 Å². The standard InChI is InChI=1S/C13H15ClN4O/c14-12-4-1-11(2-5-12)3-6-13(19)16-7-8-18-10-15-9-17-18/h1-2,4-5,9-10H,3,6-8H2,(H,16,19). The highest BCUT2D eigenvalue weighted by Crippen LogP contribution is 2.10. The minimum absolute atomic E-state index is 0.0371. The fourth-order valence-electron chi connectivity index (χ4n) is 1.66. The molecule has 0 aliphatic carbocycles.